The number of hydrogen-bond donors (Lipinski definition) is 0. The van der Waals surface area contributed by atoms with Crippen LogP contribution in [0.3, 0.4) is 0 Å². The van der Waals surface area contributed by atoms with Crippen molar-refractivity contribution in [1.29, 1.82) is 0 Å². The van der Waals surface area contributed by atoms with Gasteiger partial charge in [-0.3, -0.25) is 24.0 Å². The highest BCUT2D eigenvalue weighted by Crippen LogP contribution is 2.35. The third-order valence-corrected chi connectivity index (χ3v) is 7.01. The largest absolute Gasteiger partial charge is 0.490 e. The van der Waals surface area contributed by atoms with Crippen molar-refractivity contribution in [3.05, 3.63) is 52.9 Å². The fourth-order valence-electron chi connectivity index (χ4n) is 5.13. The zero-order valence-electron chi connectivity index (χ0n) is 25.5. The average molecular weight is 641 g/mol. The normalized spacial score (nSPS) is 22.2. The summed E-state index contributed by atoms with van der Waals surface area (Å²) in [6.45, 7) is 5.16. The molecule has 0 saturated carbocycles. The lowest BCUT2D eigenvalue weighted by Crippen LogP contribution is -2.63. The first-order chi connectivity index (χ1) is 22.0. The minimum atomic E-state index is -1.45. The fraction of sp³-hybridized carbons (Fsp3) is 0.406. The highest BCUT2D eigenvalue weighted by Gasteiger charge is 2.53. The first kappa shape index (κ1) is 32.3. The molecule has 1 aromatic heterocycles. The summed E-state index contributed by atoms with van der Waals surface area (Å²) >= 11 is 0. The second kappa shape index (κ2) is 13.9. The number of rotatable bonds is 8. The van der Waals surface area contributed by atoms with E-state index in [-0.39, 0.29) is 22.1 Å². The molecule has 0 amide bonds. The van der Waals surface area contributed by atoms with Gasteiger partial charge in [-0.2, -0.15) is 0 Å². The van der Waals surface area contributed by atoms with Crippen molar-refractivity contribution in [2.24, 2.45) is 0 Å². The Hall–Kier alpha value is -5.11. The molecule has 14 nitrogen and oxygen atoms in total. The van der Waals surface area contributed by atoms with Crippen LogP contribution in [0, 0.1) is 0 Å². The lowest BCUT2D eigenvalue weighted by Gasteiger charge is -2.43. The molecule has 0 unspecified atom stereocenters. The number of hydrogen-bond acceptors (Lipinski definition) is 14. The van der Waals surface area contributed by atoms with E-state index in [2.05, 4.69) is 0 Å². The Morgan fingerprint density at radius 1 is 0.783 bits per heavy atom. The van der Waals surface area contributed by atoms with Gasteiger partial charge in [0.25, 0.3) is 0 Å². The zero-order valence-corrected chi connectivity index (χ0v) is 25.5. The summed E-state index contributed by atoms with van der Waals surface area (Å²) in [4.78, 5) is 61.2. The summed E-state index contributed by atoms with van der Waals surface area (Å²) in [6.07, 6.45) is -4.74. The summed E-state index contributed by atoms with van der Waals surface area (Å²) in [7, 11) is 0. The van der Waals surface area contributed by atoms with Gasteiger partial charge in [0, 0.05) is 40.2 Å². The van der Waals surface area contributed by atoms with Gasteiger partial charge in [-0.1, -0.05) is 6.07 Å². The minimum Gasteiger partial charge on any atom is -0.490 e. The average Bonchev–Trinajstić information content (AvgIpc) is 3.24. The Balaban J connectivity index is 1.46. The second-order valence-electron chi connectivity index (χ2n) is 10.5. The summed E-state index contributed by atoms with van der Waals surface area (Å²) in [5.41, 5.74) is 0.745. The van der Waals surface area contributed by atoms with Crippen molar-refractivity contribution >= 4 is 34.8 Å². The minimum absolute atomic E-state index is 0.125. The molecule has 0 radical (unpaired) electrons. The van der Waals surface area contributed by atoms with Gasteiger partial charge in [-0.25, -0.2) is 0 Å². The predicted molar refractivity (Wildman–Crippen MR) is 156 cm³/mol. The summed E-state index contributed by atoms with van der Waals surface area (Å²) < 4.78 is 50.6. The number of ether oxygens (including phenoxy) is 8. The molecule has 5 atom stereocenters. The molecule has 3 aromatic rings. The number of carbonyl (C=O) groups is 4. The van der Waals surface area contributed by atoms with Gasteiger partial charge in [0.15, 0.2) is 29.1 Å². The van der Waals surface area contributed by atoms with Crippen molar-refractivity contribution in [2.45, 2.75) is 64.8 Å². The molecule has 14 heteroatoms. The van der Waals surface area contributed by atoms with Crippen LogP contribution in [0.2, 0.25) is 0 Å². The number of esters is 4. The Kier molecular flexibility index (Phi) is 9.75. The van der Waals surface area contributed by atoms with Gasteiger partial charge in [0.05, 0.1) is 24.2 Å². The maximum Gasteiger partial charge on any atom is 0.303 e. The van der Waals surface area contributed by atoms with Crippen LogP contribution in [0.15, 0.2) is 51.9 Å². The highest BCUT2D eigenvalue weighted by atomic mass is 16.7. The Morgan fingerprint density at radius 3 is 2.15 bits per heavy atom. The van der Waals surface area contributed by atoms with E-state index in [9.17, 15) is 24.0 Å². The van der Waals surface area contributed by atoms with Crippen LogP contribution in [0.25, 0.3) is 22.1 Å². The van der Waals surface area contributed by atoms with Gasteiger partial charge in [0.1, 0.15) is 30.3 Å². The standard InChI is InChI=1S/C32H32O14/c1-16(33)40-15-27-29(42-17(2)34)30(43-18(3)35)31(44-19(4)36)32(46-27)45-21-7-8-22-25(13-21)41-14-23(28(22)37)20-6-9-24-26(12-20)39-11-5-10-38-24/h6-9,12-14,27,29-32H,5,10-11,15H2,1-4H3/t27-,29-,30+,31-,32+/m0/s1. The van der Waals surface area contributed by atoms with Crippen LogP contribution in [-0.2, 0) is 42.9 Å². The number of benzene rings is 2. The molecule has 5 rings (SSSR count). The van der Waals surface area contributed by atoms with Crippen LogP contribution < -0.4 is 19.6 Å². The maximum atomic E-state index is 13.5. The monoisotopic (exact) mass is 640 g/mol. The summed E-state index contributed by atoms with van der Waals surface area (Å²) in [5.74, 6) is -1.70. The van der Waals surface area contributed by atoms with E-state index in [1.165, 1.54) is 31.4 Å². The van der Waals surface area contributed by atoms with E-state index in [1.807, 2.05) is 0 Å². The van der Waals surface area contributed by atoms with E-state index < -0.39 is 61.2 Å². The molecule has 244 valence electrons. The van der Waals surface area contributed by atoms with E-state index in [0.29, 0.717) is 35.8 Å². The van der Waals surface area contributed by atoms with Gasteiger partial charge >= 0.3 is 23.9 Å². The van der Waals surface area contributed by atoms with E-state index in [4.69, 9.17) is 42.3 Å². The quantitative estimate of drug-likeness (QED) is 0.260. The first-order valence-electron chi connectivity index (χ1n) is 14.4. The number of fused-ring (bicyclic) bond motifs is 2. The molecule has 0 bridgehead atoms. The summed E-state index contributed by atoms with van der Waals surface area (Å²) in [5, 5.41) is 0.249. The van der Waals surface area contributed by atoms with Crippen molar-refractivity contribution < 1.29 is 61.5 Å². The van der Waals surface area contributed by atoms with Crippen molar-refractivity contribution in [3.8, 4) is 28.4 Å². The predicted octanol–water partition coefficient (Wildman–Crippen LogP) is 3.08. The Morgan fingerprint density at radius 2 is 1.46 bits per heavy atom. The molecule has 1 fully saturated rings. The van der Waals surface area contributed by atoms with E-state index >= 15 is 0 Å². The van der Waals surface area contributed by atoms with E-state index in [0.717, 1.165) is 27.2 Å². The highest BCUT2D eigenvalue weighted by molar-refractivity contribution is 5.83. The molecule has 1 saturated heterocycles. The molecular formula is C32H32O14. The Bertz CT molecular complexity index is 1690. The van der Waals surface area contributed by atoms with Crippen molar-refractivity contribution in [1.82, 2.24) is 0 Å². The molecule has 2 aromatic carbocycles. The van der Waals surface area contributed by atoms with Crippen molar-refractivity contribution in [3.63, 3.8) is 0 Å². The lowest BCUT2D eigenvalue weighted by atomic mass is 9.98. The van der Waals surface area contributed by atoms with E-state index in [1.54, 1.807) is 18.2 Å². The molecular weight excluding hydrogens is 608 g/mol. The number of carbonyl (C=O) groups excluding carboxylic acids is 4. The molecule has 0 spiro atoms. The molecule has 0 N–H and O–H groups in total. The topological polar surface area (TPSA) is 172 Å². The third kappa shape index (κ3) is 7.40. The van der Waals surface area contributed by atoms with Gasteiger partial charge in [0.2, 0.25) is 12.4 Å². The molecule has 46 heavy (non-hydrogen) atoms. The van der Waals surface area contributed by atoms with Crippen molar-refractivity contribution in [2.75, 3.05) is 19.8 Å². The molecule has 2 aliphatic rings. The first-order valence-corrected chi connectivity index (χ1v) is 14.4. The lowest BCUT2D eigenvalue weighted by molar-refractivity contribution is -0.288. The van der Waals surface area contributed by atoms with Crippen LogP contribution in [0.4, 0.5) is 0 Å². The Labute approximate surface area is 262 Å². The SMILES string of the molecule is CC(=O)OC[C@@H]1O[C@@H](Oc2ccc3c(=O)c(-c4ccc5c(c4)OCCCO5)coc3c2)[C@@H](OC(C)=O)[C@H](OC(C)=O)[C@H]1OC(C)=O. The molecule has 2 aliphatic heterocycles. The molecule has 0 aliphatic carbocycles. The van der Waals surface area contributed by atoms with Gasteiger partial charge < -0.3 is 42.3 Å². The smallest absolute Gasteiger partial charge is 0.303 e. The van der Waals surface area contributed by atoms with Crippen LogP contribution in [0.5, 0.6) is 17.2 Å². The third-order valence-electron chi connectivity index (χ3n) is 7.01. The fourth-order valence-corrected chi connectivity index (χ4v) is 5.13. The summed E-state index contributed by atoms with van der Waals surface area (Å²) in [6, 6.07) is 9.61. The molecule has 3 heterocycles. The second-order valence-corrected chi connectivity index (χ2v) is 10.5. The van der Waals surface area contributed by atoms with Gasteiger partial charge in [-0.15, -0.1) is 0 Å². The van der Waals surface area contributed by atoms with Crippen LogP contribution in [0.1, 0.15) is 34.1 Å². The van der Waals surface area contributed by atoms with Crippen LogP contribution >= 0.6 is 0 Å². The zero-order chi connectivity index (χ0) is 33.0. The van der Waals surface area contributed by atoms with Gasteiger partial charge in [-0.05, 0) is 29.8 Å². The van der Waals surface area contributed by atoms with Crippen LogP contribution in [-0.4, -0.2) is 74.4 Å². The maximum absolute atomic E-state index is 13.5.